The first kappa shape index (κ1) is 29.0. The molecule has 3 N–H and O–H groups in total. The SMILES string of the molecule is COc1cc(OS(=O)(=O)c2ccccc2)ccc1-c1ccc2c(c1C(N)c1ccccc1OC)N(C)C(=O)C(C)(C)N2. The van der Waals surface area contributed by atoms with E-state index in [-0.39, 0.29) is 16.6 Å². The van der Waals surface area contributed by atoms with Gasteiger partial charge in [-0.3, -0.25) is 4.79 Å². The fraction of sp³-hybridized carbons (Fsp3) is 0.219. The van der Waals surface area contributed by atoms with Crippen molar-refractivity contribution in [2.45, 2.75) is 30.3 Å². The second kappa shape index (κ2) is 11.0. The van der Waals surface area contributed by atoms with Gasteiger partial charge in [0.1, 0.15) is 27.7 Å². The summed E-state index contributed by atoms with van der Waals surface area (Å²) in [6.07, 6.45) is 0. The van der Waals surface area contributed by atoms with E-state index in [4.69, 9.17) is 19.4 Å². The summed E-state index contributed by atoms with van der Waals surface area (Å²) < 4.78 is 42.5. The molecule has 0 aliphatic carbocycles. The Kier molecular flexibility index (Phi) is 7.61. The standard InChI is InChI=1S/C32H33N3O6S/c1-32(2)31(36)35(3)30-25(34-32)18-17-23(28(30)29(33)24-13-9-10-14-26(24)39-4)22-16-15-20(19-27(22)40-5)41-42(37,38)21-11-7-6-8-12-21/h6-19,29,34H,33H2,1-5H3. The molecule has 1 atom stereocenters. The van der Waals surface area contributed by atoms with Gasteiger partial charge in [-0.15, -0.1) is 0 Å². The Bertz CT molecular complexity index is 1760. The number of fused-ring (bicyclic) bond motifs is 1. The minimum absolute atomic E-state index is 0.0379. The van der Waals surface area contributed by atoms with Gasteiger partial charge in [0, 0.05) is 29.8 Å². The van der Waals surface area contributed by atoms with Gasteiger partial charge in [0.25, 0.3) is 5.91 Å². The predicted octanol–water partition coefficient (Wildman–Crippen LogP) is 5.35. The van der Waals surface area contributed by atoms with Crippen LogP contribution in [0.2, 0.25) is 0 Å². The number of rotatable bonds is 8. The molecule has 5 rings (SSSR count). The van der Waals surface area contributed by atoms with Crippen LogP contribution in [0.25, 0.3) is 11.1 Å². The molecule has 4 aromatic carbocycles. The van der Waals surface area contributed by atoms with Crippen molar-refractivity contribution >= 4 is 27.4 Å². The molecule has 1 amide bonds. The van der Waals surface area contributed by atoms with Crippen LogP contribution in [0.5, 0.6) is 17.2 Å². The van der Waals surface area contributed by atoms with Gasteiger partial charge in [-0.05, 0) is 55.8 Å². The second-order valence-electron chi connectivity index (χ2n) is 10.5. The quantitative estimate of drug-likeness (QED) is 0.265. The molecular formula is C32H33N3O6S. The summed E-state index contributed by atoms with van der Waals surface area (Å²) in [4.78, 5) is 15.1. The Hall–Kier alpha value is -4.54. The summed E-state index contributed by atoms with van der Waals surface area (Å²) in [5.74, 6) is 0.932. The second-order valence-corrected chi connectivity index (χ2v) is 12.0. The summed E-state index contributed by atoms with van der Waals surface area (Å²) in [6.45, 7) is 3.65. The Morgan fingerprint density at radius 3 is 2.19 bits per heavy atom. The van der Waals surface area contributed by atoms with Crippen LogP contribution in [-0.4, -0.2) is 41.1 Å². The molecule has 0 saturated carbocycles. The highest BCUT2D eigenvalue weighted by Gasteiger charge is 2.40. The number of hydrogen-bond acceptors (Lipinski definition) is 8. The number of anilines is 2. The minimum atomic E-state index is -4.06. The molecule has 1 heterocycles. The molecule has 9 nitrogen and oxygen atoms in total. The van der Waals surface area contributed by atoms with Crippen LogP contribution in [0, 0.1) is 0 Å². The zero-order chi connectivity index (χ0) is 30.2. The van der Waals surface area contributed by atoms with Crippen molar-refractivity contribution in [3.63, 3.8) is 0 Å². The first-order chi connectivity index (χ1) is 20.0. The van der Waals surface area contributed by atoms with E-state index in [1.807, 2.05) is 50.2 Å². The lowest BCUT2D eigenvalue weighted by Gasteiger charge is -2.40. The normalized spacial score (nSPS) is 14.9. The molecule has 0 spiro atoms. The number of methoxy groups -OCH3 is 2. The van der Waals surface area contributed by atoms with Gasteiger partial charge in [-0.1, -0.05) is 42.5 Å². The van der Waals surface area contributed by atoms with E-state index in [1.165, 1.54) is 25.3 Å². The first-order valence-electron chi connectivity index (χ1n) is 13.3. The predicted molar refractivity (Wildman–Crippen MR) is 163 cm³/mol. The topological polar surface area (TPSA) is 120 Å². The average molecular weight is 588 g/mol. The van der Waals surface area contributed by atoms with Crippen molar-refractivity contribution in [3.05, 3.63) is 96.1 Å². The number of carbonyl (C=O) groups is 1. The third-order valence-electron chi connectivity index (χ3n) is 7.32. The van der Waals surface area contributed by atoms with Gasteiger partial charge < -0.3 is 29.6 Å². The summed E-state index contributed by atoms with van der Waals surface area (Å²) in [6, 6.07) is 23.3. The zero-order valence-corrected chi connectivity index (χ0v) is 24.9. The van der Waals surface area contributed by atoms with E-state index >= 15 is 0 Å². The lowest BCUT2D eigenvalue weighted by molar-refractivity contribution is -0.121. The molecule has 4 aromatic rings. The molecule has 218 valence electrons. The summed E-state index contributed by atoms with van der Waals surface area (Å²) in [5, 5.41) is 3.35. The van der Waals surface area contributed by atoms with Gasteiger partial charge in [0.05, 0.1) is 31.6 Å². The molecule has 42 heavy (non-hydrogen) atoms. The Labute approximate surface area is 246 Å². The molecule has 0 radical (unpaired) electrons. The number of nitrogens with one attached hydrogen (secondary N) is 1. The number of ether oxygens (including phenoxy) is 2. The van der Waals surface area contributed by atoms with Gasteiger partial charge >= 0.3 is 10.1 Å². The van der Waals surface area contributed by atoms with Gasteiger partial charge in [-0.2, -0.15) is 8.42 Å². The van der Waals surface area contributed by atoms with E-state index < -0.39 is 21.7 Å². The number of amides is 1. The fourth-order valence-electron chi connectivity index (χ4n) is 5.32. The van der Waals surface area contributed by atoms with Crippen molar-refractivity contribution in [1.29, 1.82) is 0 Å². The first-order valence-corrected chi connectivity index (χ1v) is 14.7. The van der Waals surface area contributed by atoms with Crippen molar-refractivity contribution in [2.75, 3.05) is 31.5 Å². The molecular weight excluding hydrogens is 554 g/mol. The Morgan fingerprint density at radius 2 is 1.50 bits per heavy atom. The molecule has 1 aliphatic rings. The maximum atomic E-state index is 13.4. The number of nitrogens with zero attached hydrogens (tertiary/aromatic N) is 1. The average Bonchev–Trinajstić information content (AvgIpc) is 2.99. The lowest BCUT2D eigenvalue weighted by atomic mass is 9.86. The van der Waals surface area contributed by atoms with Gasteiger partial charge in [-0.25, -0.2) is 0 Å². The van der Waals surface area contributed by atoms with Crippen molar-refractivity contribution in [2.24, 2.45) is 5.73 Å². The maximum absolute atomic E-state index is 13.4. The van der Waals surface area contributed by atoms with Gasteiger partial charge in [0.2, 0.25) is 0 Å². The largest absolute Gasteiger partial charge is 0.496 e. The Morgan fingerprint density at radius 1 is 0.857 bits per heavy atom. The van der Waals surface area contributed by atoms with E-state index in [2.05, 4.69) is 5.32 Å². The number of hydrogen-bond donors (Lipinski definition) is 2. The minimum Gasteiger partial charge on any atom is -0.496 e. The van der Waals surface area contributed by atoms with Crippen LogP contribution in [-0.2, 0) is 14.9 Å². The van der Waals surface area contributed by atoms with Crippen molar-refractivity contribution < 1.29 is 26.9 Å². The van der Waals surface area contributed by atoms with Crippen LogP contribution in [0.4, 0.5) is 11.4 Å². The highest BCUT2D eigenvalue weighted by Crippen LogP contribution is 2.48. The monoisotopic (exact) mass is 587 g/mol. The maximum Gasteiger partial charge on any atom is 0.339 e. The van der Waals surface area contributed by atoms with E-state index in [1.54, 1.807) is 49.4 Å². The van der Waals surface area contributed by atoms with E-state index in [0.29, 0.717) is 33.9 Å². The van der Waals surface area contributed by atoms with Crippen molar-refractivity contribution in [1.82, 2.24) is 0 Å². The van der Waals surface area contributed by atoms with Crippen molar-refractivity contribution in [3.8, 4) is 28.4 Å². The van der Waals surface area contributed by atoms with E-state index in [9.17, 15) is 13.2 Å². The summed E-state index contributed by atoms with van der Waals surface area (Å²) in [5.41, 5.74) is 10.3. The molecule has 0 fully saturated rings. The van der Waals surface area contributed by atoms with Crippen LogP contribution >= 0.6 is 0 Å². The van der Waals surface area contributed by atoms with Crippen LogP contribution in [0.3, 0.4) is 0 Å². The van der Waals surface area contributed by atoms with Crippen LogP contribution in [0.15, 0.2) is 89.8 Å². The highest BCUT2D eigenvalue weighted by molar-refractivity contribution is 7.87. The fourth-order valence-corrected chi connectivity index (χ4v) is 6.26. The third kappa shape index (κ3) is 5.15. The Balaban J connectivity index is 1.68. The zero-order valence-electron chi connectivity index (χ0n) is 24.0. The number of nitrogens with two attached hydrogens (primary N) is 1. The summed E-state index contributed by atoms with van der Waals surface area (Å²) in [7, 11) is 0.745. The van der Waals surface area contributed by atoms with Gasteiger partial charge in [0.15, 0.2) is 0 Å². The number of benzene rings is 4. The smallest absolute Gasteiger partial charge is 0.339 e. The molecule has 0 aromatic heterocycles. The molecule has 0 bridgehead atoms. The van der Waals surface area contributed by atoms with Crippen LogP contribution in [0.1, 0.15) is 31.0 Å². The van der Waals surface area contributed by atoms with Crippen LogP contribution < -0.4 is 29.6 Å². The number of likely N-dealkylation sites (N-methyl/N-ethyl adjacent to an activating group) is 1. The lowest BCUT2D eigenvalue weighted by Crippen LogP contribution is -2.52. The number of carbonyl (C=O) groups excluding carboxylic acids is 1. The van der Waals surface area contributed by atoms with E-state index in [0.717, 1.165) is 11.3 Å². The summed E-state index contributed by atoms with van der Waals surface area (Å²) >= 11 is 0. The third-order valence-corrected chi connectivity index (χ3v) is 8.59. The highest BCUT2D eigenvalue weighted by atomic mass is 32.2. The molecule has 1 unspecified atom stereocenters. The molecule has 0 saturated heterocycles. The molecule has 10 heteroatoms. The molecule has 1 aliphatic heterocycles. The number of para-hydroxylation sites is 1.